The number of H-pyrrole nitrogens is 1. The van der Waals surface area contributed by atoms with Crippen LogP contribution in [0.1, 0.15) is 32.1 Å². The van der Waals surface area contributed by atoms with Crippen LogP contribution in [0, 0.1) is 13.8 Å². The van der Waals surface area contributed by atoms with Crippen molar-refractivity contribution in [1.29, 1.82) is 0 Å². The molecular formula is C20H25N3O4. The summed E-state index contributed by atoms with van der Waals surface area (Å²) in [6.45, 7) is 5.84. The number of hydrogen-bond donors (Lipinski definition) is 1. The van der Waals surface area contributed by atoms with Crippen LogP contribution in [-0.2, 0) is 0 Å². The van der Waals surface area contributed by atoms with Crippen molar-refractivity contribution in [3.63, 3.8) is 0 Å². The Morgan fingerprint density at radius 1 is 0.852 bits per heavy atom. The van der Waals surface area contributed by atoms with Gasteiger partial charge in [-0.2, -0.15) is 0 Å². The number of rotatable bonds is 4. The van der Waals surface area contributed by atoms with E-state index in [1.807, 2.05) is 19.9 Å². The molecule has 1 aromatic carbocycles. The Labute approximate surface area is 158 Å². The van der Waals surface area contributed by atoms with E-state index in [1.165, 1.54) is 0 Å². The molecule has 1 aromatic heterocycles. The summed E-state index contributed by atoms with van der Waals surface area (Å²) in [5.41, 5.74) is 3.06. The third kappa shape index (κ3) is 3.92. The van der Waals surface area contributed by atoms with Crippen molar-refractivity contribution in [2.24, 2.45) is 0 Å². The monoisotopic (exact) mass is 371 g/mol. The minimum Gasteiger partial charge on any atom is -0.497 e. The largest absolute Gasteiger partial charge is 0.497 e. The minimum atomic E-state index is -0.0898. The van der Waals surface area contributed by atoms with Crippen LogP contribution < -0.4 is 9.47 Å². The highest BCUT2D eigenvalue weighted by Crippen LogP contribution is 2.24. The van der Waals surface area contributed by atoms with E-state index in [1.54, 1.807) is 42.2 Å². The number of carbonyl (C=O) groups excluding carboxylic acids is 2. The van der Waals surface area contributed by atoms with E-state index in [0.29, 0.717) is 48.8 Å². The first kappa shape index (κ1) is 18.8. The third-order valence-electron chi connectivity index (χ3n) is 4.83. The zero-order valence-electron chi connectivity index (χ0n) is 16.2. The summed E-state index contributed by atoms with van der Waals surface area (Å²) in [5, 5.41) is 0. The van der Waals surface area contributed by atoms with Gasteiger partial charge in [0.2, 0.25) is 0 Å². The zero-order chi connectivity index (χ0) is 19.6. The van der Waals surface area contributed by atoms with Crippen molar-refractivity contribution in [3.05, 3.63) is 46.8 Å². The molecule has 3 rings (SSSR count). The number of methoxy groups -OCH3 is 2. The number of amides is 2. The number of nitrogens with one attached hydrogen (secondary N) is 1. The molecule has 0 spiro atoms. The van der Waals surface area contributed by atoms with Gasteiger partial charge in [0.05, 0.1) is 19.8 Å². The molecule has 0 unspecified atom stereocenters. The van der Waals surface area contributed by atoms with Gasteiger partial charge in [0, 0.05) is 49.2 Å². The summed E-state index contributed by atoms with van der Waals surface area (Å²) in [7, 11) is 3.11. The molecule has 1 saturated heterocycles. The second kappa shape index (κ2) is 7.73. The van der Waals surface area contributed by atoms with Gasteiger partial charge in [-0.1, -0.05) is 0 Å². The van der Waals surface area contributed by atoms with Crippen LogP contribution >= 0.6 is 0 Å². The van der Waals surface area contributed by atoms with E-state index < -0.39 is 0 Å². The fourth-order valence-electron chi connectivity index (χ4n) is 3.34. The van der Waals surface area contributed by atoms with Gasteiger partial charge in [-0.25, -0.2) is 0 Å². The maximum atomic E-state index is 12.8. The third-order valence-corrected chi connectivity index (χ3v) is 4.83. The van der Waals surface area contributed by atoms with Crippen molar-refractivity contribution in [3.8, 4) is 11.5 Å². The first-order chi connectivity index (χ1) is 12.9. The number of carbonyl (C=O) groups is 2. The Kier molecular flexibility index (Phi) is 5.39. The summed E-state index contributed by atoms with van der Waals surface area (Å²) in [6, 6.07) is 7.01. The molecular weight excluding hydrogens is 346 g/mol. The van der Waals surface area contributed by atoms with E-state index in [-0.39, 0.29) is 11.8 Å². The van der Waals surface area contributed by atoms with Crippen molar-refractivity contribution >= 4 is 11.8 Å². The molecule has 2 amide bonds. The molecule has 0 bridgehead atoms. The minimum absolute atomic E-state index is 0.00648. The smallest absolute Gasteiger partial charge is 0.255 e. The van der Waals surface area contributed by atoms with Gasteiger partial charge in [0.1, 0.15) is 11.5 Å². The van der Waals surface area contributed by atoms with E-state index >= 15 is 0 Å². The fourth-order valence-corrected chi connectivity index (χ4v) is 3.34. The number of aromatic nitrogens is 1. The molecule has 1 aliphatic rings. The molecule has 0 aliphatic carbocycles. The standard InChI is InChI=1S/C20H25N3O4/c1-13-9-18(14(2)21-13)20(25)23-7-5-22(6-8-23)19(24)15-10-16(26-3)12-17(11-15)27-4/h9-12,21H,5-8H2,1-4H3. The molecule has 0 atom stereocenters. The molecule has 27 heavy (non-hydrogen) atoms. The molecule has 7 heteroatoms. The quantitative estimate of drug-likeness (QED) is 0.894. The highest BCUT2D eigenvalue weighted by Gasteiger charge is 2.27. The summed E-state index contributed by atoms with van der Waals surface area (Å²) in [5.74, 6) is 1.06. The first-order valence-electron chi connectivity index (χ1n) is 8.90. The second-order valence-electron chi connectivity index (χ2n) is 6.68. The molecule has 1 N–H and O–H groups in total. The zero-order valence-corrected chi connectivity index (χ0v) is 16.2. The number of benzene rings is 1. The summed E-state index contributed by atoms with van der Waals surface area (Å²) in [6.07, 6.45) is 0. The lowest BCUT2D eigenvalue weighted by Gasteiger charge is -2.35. The van der Waals surface area contributed by atoms with E-state index in [4.69, 9.17) is 9.47 Å². The van der Waals surface area contributed by atoms with Crippen LogP contribution in [0.5, 0.6) is 11.5 Å². The maximum absolute atomic E-state index is 12.8. The molecule has 1 aliphatic heterocycles. The van der Waals surface area contributed by atoms with Gasteiger partial charge in [-0.05, 0) is 32.0 Å². The van der Waals surface area contributed by atoms with Gasteiger partial charge < -0.3 is 24.3 Å². The highest BCUT2D eigenvalue weighted by atomic mass is 16.5. The number of aromatic amines is 1. The Morgan fingerprint density at radius 2 is 1.37 bits per heavy atom. The molecule has 0 radical (unpaired) electrons. The predicted molar refractivity (Wildman–Crippen MR) is 102 cm³/mol. The van der Waals surface area contributed by atoms with Crippen molar-refractivity contribution in [2.45, 2.75) is 13.8 Å². The second-order valence-corrected chi connectivity index (χ2v) is 6.68. The van der Waals surface area contributed by atoms with E-state index in [2.05, 4.69) is 4.98 Å². The molecule has 144 valence electrons. The Balaban J connectivity index is 1.67. The van der Waals surface area contributed by atoms with Gasteiger partial charge >= 0.3 is 0 Å². The van der Waals surface area contributed by atoms with Crippen molar-refractivity contribution in [2.75, 3.05) is 40.4 Å². The molecule has 0 saturated carbocycles. The Hall–Kier alpha value is -2.96. The SMILES string of the molecule is COc1cc(OC)cc(C(=O)N2CCN(C(=O)c3cc(C)[nH]c3C)CC2)c1. The molecule has 1 fully saturated rings. The van der Waals surface area contributed by atoms with Gasteiger partial charge in [0.25, 0.3) is 11.8 Å². The van der Waals surface area contributed by atoms with Gasteiger partial charge in [-0.15, -0.1) is 0 Å². The summed E-state index contributed by atoms with van der Waals surface area (Å²) in [4.78, 5) is 32.3. The molecule has 2 heterocycles. The van der Waals surface area contributed by atoms with Gasteiger partial charge in [0.15, 0.2) is 0 Å². The number of piperazine rings is 1. The molecule has 2 aromatic rings. The summed E-state index contributed by atoms with van der Waals surface area (Å²) < 4.78 is 10.5. The maximum Gasteiger partial charge on any atom is 0.255 e. The number of nitrogens with zero attached hydrogens (tertiary/aromatic N) is 2. The topological polar surface area (TPSA) is 74.9 Å². The molecule has 7 nitrogen and oxygen atoms in total. The van der Waals surface area contributed by atoms with Crippen LogP contribution in [0.4, 0.5) is 0 Å². The van der Waals surface area contributed by atoms with Crippen LogP contribution in [0.3, 0.4) is 0 Å². The van der Waals surface area contributed by atoms with E-state index in [9.17, 15) is 9.59 Å². The first-order valence-corrected chi connectivity index (χ1v) is 8.90. The Bertz CT molecular complexity index is 829. The lowest BCUT2D eigenvalue weighted by Crippen LogP contribution is -2.50. The average molecular weight is 371 g/mol. The van der Waals surface area contributed by atoms with Crippen LogP contribution in [-0.4, -0.2) is 67.0 Å². The van der Waals surface area contributed by atoms with Crippen molar-refractivity contribution < 1.29 is 19.1 Å². The lowest BCUT2D eigenvalue weighted by atomic mass is 10.1. The highest BCUT2D eigenvalue weighted by molar-refractivity contribution is 5.97. The van der Waals surface area contributed by atoms with Crippen LogP contribution in [0.25, 0.3) is 0 Å². The summed E-state index contributed by atoms with van der Waals surface area (Å²) >= 11 is 0. The fraction of sp³-hybridized carbons (Fsp3) is 0.400. The number of hydrogen-bond acceptors (Lipinski definition) is 4. The number of ether oxygens (including phenoxy) is 2. The van der Waals surface area contributed by atoms with Crippen LogP contribution in [0.2, 0.25) is 0 Å². The van der Waals surface area contributed by atoms with Crippen molar-refractivity contribution in [1.82, 2.24) is 14.8 Å². The van der Waals surface area contributed by atoms with Gasteiger partial charge in [-0.3, -0.25) is 9.59 Å². The normalized spacial score (nSPS) is 14.2. The predicted octanol–water partition coefficient (Wildman–Crippen LogP) is 2.25. The van der Waals surface area contributed by atoms with E-state index in [0.717, 1.165) is 11.4 Å². The average Bonchev–Trinajstić information content (AvgIpc) is 3.04. The number of aryl methyl sites for hydroxylation is 2. The lowest BCUT2D eigenvalue weighted by molar-refractivity contribution is 0.0535. The van der Waals surface area contributed by atoms with Crippen LogP contribution in [0.15, 0.2) is 24.3 Å². The Morgan fingerprint density at radius 3 is 1.81 bits per heavy atom.